The van der Waals surface area contributed by atoms with Crippen molar-refractivity contribution >= 4 is 23.2 Å². The van der Waals surface area contributed by atoms with E-state index in [0.717, 1.165) is 6.42 Å². The summed E-state index contributed by atoms with van der Waals surface area (Å²) in [6.45, 7) is 4.17. The van der Waals surface area contributed by atoms with Gasteiger partial charge in [0.25, 0.3) is 11.6 Å². The van der Waals surface area contributed by atoms with E-state index in [1.165, 1.54) is 31.7 Å². The SMILES string of the molecule is O=C(CCC1CCCC1)N1CCN(c2ccc(C(=O)N3CCOCC3)cc2[N+](=O)[O-])CC1. The van der Waals surface area contributed by atoms with Crippen LogP contribution in [0.25, 0.3) is 0 Å². The maximum atomic E-state index is 12.7. The fourth-order valence-electron chi connectivity index (χ4n) is 5.00. The van der Waals surface area contributed by atoms with Gasteiger partial charge in [0, 0.05) is 57.3 Å². The van der Waals surface area contributed by atoms with E-state index in [0.29, 0.717) is 76.1 Å². The summed E-state index contributed by atoms with van der Waals surface area (Å²) in [5.74, 6) is 0.680. The second-order valence-corrected chi connectivity index (χ2v) is 8.92. The lowest BCUT2D eigenvalue weighted by atomic mass is 10.0. The molecule has 0 N–H and O–H groups in total. The summed E-state index contributed by atoms with van der Waals surface area (Å²) in [4.78, 5) is 42.2. The number of nitrogens with zero attached hydrogens (tertiary/aromatic N) is 4. The Morgan fingerprint density at radius 1 is 1.00 bits per heavy atom. The number of morpholine rings is 1. The highest BCUT2D eigenvalue weighted by atomic mass is 16.6. The van der Waals surface area contributed by atoms with Crippen molar-refractivity contribution in [2.45, 2.75) is 38.5 Å². The van der Waals surface area contributed by atoms with E-state index in [-0.39, 0.29) is 17.5 Å². The van der Waals surface area contributed by atoms with Gasteiger partial charge in [-0.1, -0.05) is 25.7 Å². The minimum atomic E-state index is -0.426. The average Bonchev–Trinajstić information content (AvgIpc) is 3.36. The van der Waals surface area contributed by atoms with Gasteiger partial charge in [0.15, 0.2) is 0 Å². The lowest BCUT2D eigenvalue weighted by molar-refractivity contribution is -0.384. The van der Waals surface area contributed by atoms with Crippen LogP contribution < -0.4 is 4.90 Å². The molecule has 0 unspecified atom stereocenters. The van der Waals surface area contributed by atoms with Crippen molar-refractivity contribution < 1.29 is 19.2 Å². The first-order valence-corrected chi connectivity index (χ1v) is 11.7. The molecule has 1 saturated carbocycles. The molecule has 4 rings (SSSR count). The molecule has 0 atom stereocenters. The number of carbonyl (C=O) groups excluding carboxylic acids is 2. The van der Waals surface area contributed by atoms with E-state index in [1.807, 2.05) is 9.80 Å². The largest absolute Gasteiger partial charge is 0.378 e. The Morgan fingerprint density at radius 3 is 2.34 bits per heavy atom. The Kier molecular flexibility index (Phi) is 7.24. The maximum Gasteiger partial charge on any atom is 0.293 e. The Hall–Kier alpha value is -2.68. The van der Waals surface area contributed by atoms with Gasteiger partial charge in [-0.05, 0) is 24.5 Å². The van der Waals surface area contributed by atoms with Crippen LogP contribution in [0.4, 0.5) is 11.4 Å². The lowest BCUT2D eigenvalue weighted by Gasteiger charge is -2.36. The molecule has 2 amide bonds. The van der Waals surface area contributed by atoms with Crippen molar-refractivity contribution in [1.82, 2.24) is 9.80 Å². The monoisotopic (exact) mass is 444 g/mol. The molecule has 3 fully saturated rings. The fourth-order valence-corrected chi connectivity index (χ4v) is 5.00. The van der Waals surface area contributed by atoms with E-state index in [4.69, 9.17) is 4.74 Å². The molecule has 1 aromatic carbocycles. The standard InChI is InChI=1S/C23H32N4O5/c28-22(8-5-18-3-1-2-4-18)25-11-9-24(10-12-25)20-7-6-19(17-21(20)27(30)31)23(29)26-13-15-32-16-14-26/h6-7,17-18H,1-5,8-16H2. The topological polar surface area (TPSA) is 96.2 Å². The molecular formula is C23H32N4O5. The molecule has 0 spiro atoms. The predicted octanol–water partition coefficient (Wildman–Crippen LogP) is 2.69. The molecule has 9 nitrogen and oxygen atoms in total. The zero-order chi connectivity index (χ0) is 22.5. The van der Waals surface area contributed by atoms with Crippen LogP contribution in [0.2, 0.25) is 0 Å². The smallest absolute Gasteiger partial charge is 0.293 e. The Balaban J connectivity index is 1.37. The van der Waals surface area contributed by atoms with Crippen LogP contribution >= 0.6 is 0 Å². The number of piperazine rings is 1. The van der Waals surface area contributed by atoms with Crippen LogP contribution in [0.15, 0.2) is 18.2 Å². The summed E-state index contributed by atoms with van der Waals surface area (Å²) >= 11 is 0. The van der Waals surface area contributed by atoms with Crippen LogP contribution in [0.1, 0.15) is 48.9 Å². The van der Waals surface area contributed by atoms with Crippen LogP contribution in [-0.2, 0) is 9.53 Å². The molecule has 0 aromatic heterocycles. The summed E-state index contributed by atoms with van der Waals surface area (Å²) < 4.78 is 5.28. The zero-order valence-corrected chi connectivity index (χ0v) is 18.5. The van der Waals surface area contributed by atoms with Crippen molar-refractivity contribution in [3.05, 3.63) is 33.9 Å². The second-order valence-electron chi connectivity index (χ2n) is 8.92. The molecule has 1 aromatic rings. The Morgan fingerprint density at radius 2 is 1.69 bits per heavy atom. The molecule has 32 heavy (non-hydrogen) atoms. The van der Waals surface area contributed by atoms with Gasteiger partial charge in [-0.2, -0.15) is 0 Å². The molecule has 3 aliphatic rings. The summed E-state index contributed by atoms with van der Waals surface area (Å²) in [7, 11) is 0. The summed E-state index contributed by atoms with van der Waals surface area (Å²) in [5, 5.41) is 11.8. The maximum absolute atomic E-state index is 12.7. The minimum absolute atomic E-state index is 0.0647. The normalized spacial score (nSPS) is 19.9. The molecule has 2 aliphatic heterocycles. The minimum Gasteiger partial charge on any atom is -0.378 e. The van der Waals surface area contributed by atoms with Gasteiger partial charge in [0.1, 0.15) is 5.69 Å². The Labute approximate surface area is 188 Å². The highest BCUT2D eigenvalue weighted by molar-refractivity contribution is 5.96. The molecule has 2 heterocycles. The first-order chi connectivity index (χ1) is 15.5. The number of hydrogen-bond donors (Lipinski definition) is 0. The van der Waals surface area contributed by atoms with Crippen molar-refractivity contribution in [1.29, 1.82) is 0 Å². The van der Waals surface area contributed by atoms with E-state index in [9.17, 15) is 19.7 Å². The number of carbonyl (C=O) groups is 2. The van der Waals surface area contributed by atoms with Crippen LogP contribution in [0, 0.1) is 16.0 Å². The van der Waals surface area contributed by atoms with Crippen LogP contribution in [0.3, 0.4) is 0 Å². The third-order valence-corrected chi connectivity index (χ3v) is 6.93. The molecule has 174 valence electrons. The molecule has 9 heteroatoms. The number of nitro groups is 1. The third kappa shape index (κ3) is 5.20. The van der Waals surface area contributed by atoms with Crippen molar-refractivity contribution in [3.63, 3.8) is 0 Å². The van der Waals surface area contributed by atoms with Gasteiger partial charge in [0.2, 0.25) is 5.91 Å². The van der Waals surface area contributed by atoms with Crippen molar-refractivity contribution in [2.75, 3.05) is 57.4 Å². The number of amides is 2. The summed E-state index contributed by atoms with van der Waals surface area (Å²) in [6, 6.07) is 4.72. The molecule has 2 saturated heterocycles. The van der Waals surface area contributed by atoms with E-state index >= 15 is 0 Å². The predicted molar refractivity (Wildman–Crippen MR) is 120 cm³/mol. The number of rotatable bonds is 6. The van der Waals surface area contributed by atoms with Crippen LogP contribution in [-0.4, -0.2) is 79.0 Å². The van der Waals surface area contributed by atoms with Gasteiger partial charge in [-0.3, -0.25) is 19.7 Å². The van der Waals surface area contributed by atoms with Gasteiger partial charge in [-0.15, -0.1) is 0 Å². The number of ether oxygens (including phenoxy) is 1. The molecule has 0 bridgehead atoms. The number of anilines is 1. The van der Waals surface area contributed by atoms with Crippen molar-refractivity contribution in [2.24, 2.45) is 5.92 Å². The average molecular weight is 445 g/mol. The van der Waals surface area contributed by atoms with E-state index < -0.39 is 4.92 Å². The number of benzene rings is 1. The second kappa shape index (κ2) is 10.3. The van der Waals surface area contributed by atoms with E-state index in [2.05, 4.69) is 0 Å². The Bertz CT molecular complexity index is 841. The van der Waals surface area contributed by atoms with Crippen molar-refractivity contribution in [3.8, 4) is 0 Å². The molecule has 1 aliphatic carbocycles. The highest BCUT2D eigenvalue weighted by Gasteiger charge is 2.28. The first-order valence-electron chi connectivity index (χ1n) is 11.7. The molecule has 0 radical (unpaired) electrons. The lowest BCUT2D eigenvalue weighted by Crippen LogP contribution is -2.49. The quantitative estimate of drug-likeness (QED) is 0.494. The zero-order valence-electron chi connectivity index (χ0n) is 18.5. The number of nitro benzene ring substituents is 1. The number of hydrogen-bond acceptors (Lipinski definition) is 6. The van der Waals surface area contributed by atoms with E-state index in [1.54, 1.807) is 17.0 Å². The third-order valence-electron chi connectivity index (χ3n) is 6.93. The first kappa shape index (κ1) is 22.5. The summed E-state index contributed by atoms with van der Waals surface area (Å²) in [6.07, 6.45) is 6.64. The van der Waals surface area contributed by atoms with Crippen LogP contribution in [0.5, 0.6) is 0 Å². The summed E-state index contributed by atoms with van der Waals surface area (Å²) in [5.41, 5.74) is 0.764. The fraction of sp³-hybridized carbons (Fsp3) is 0.652. The highest BCUT2D eigenvalue weighted by Crippen LogP contribution is 2.31. The molecular weight excluding hydrogens is 412 g/mol. The van der Waals surface area contributed by atoms with Gasteiger partial charge < -0.3 is 19.4 Å². The van der Waals surface area contributed by atoms with Gasteiger partial charge in [0.05, 0.1) is 18.1 Å². The van der Waals surface area contributed by atoms with Gasteiger partial charge in [-0.25, -0.2) is 0 Å². The van der Waals surface area contributed by atoms with Gasteiger partial charge >= 0.3 is 0 Å².